The van der Waals surface area contributed by atoms with Crippen LogP contribution in [0, 0.1) is 0 Å². The van der Waals surface area contributed by atoms with E-state index in [9.17, 15) is 19.2 Å². The molecule has 3 rings (SSSR count). The molecule has 4 atom stereocenters. The molecule has 0 saturated carbocycles. The van der Waals surface area contributed by atoms with Crippen molar-refractivity contribution in [1.29, 1.82) is 0 Å². The Labute approximate surface area is 199 Å². The molecule has 0 aromatic heterocycles. The van der Waals surface area contributed by atoms with Crippen LogP contribution in [0.2, 0.25) is 0 Å². The smallest absolute Gasteiger partial charge is 0.255 e. The van der Waals surface area contributed by atoms with Crippen LogP contribution >= 0.6 is 0 Å². The summed E-state index contributed by atoms with van der Waals surface area (Å²) in [5, 5.41) is 8.22. The predicted octanol–water partition coefficient (Wildman–Crippen LogP) is 0.604. The van der Waals surface area contributed by atoms with E-state index < -0.39 is 18.0 Å². The highest BCUT2D eigenvalue weighted by Crippen LogP contribution is 2.19. The number of carbonyl (C=O) groups excluding carboxylic acids is 4. The maximum Gasteiger partial charge on any atom is 0.255 e. The summed E-state index contributed by atoms with van der Waals surface area (Å²) < 4.78 is 11.5. The highest BCUT2D eigenvalue weighted by Gasteiger charge is 2.32. The van der Waals surface area contributed by atoms with Crippen LogP contribution in [0.3, 0.4) is 0 Å². The minimum Gasteiger partial charge on any atom is -0.493 e. The second kappa shape index (κ2) is 11.8. The standard InChI is InChI=1S/C24H34N4O6/c1-15-13-28(14-16(2)34-15)24(32)19-9-10-21(29)26-17(3)22(30)25-11-6-12-33-20-8-5-4-7-18(20)23(31)27-19/h4-5,7-8,15-17,19H,6,9-14H2,1-3H3,(H,25,30)(H,26,29)(H,27,31)/t15-,16+,17?,19-/m0/s1. The summed E-state index contributed by atoms with van der Waals surface area (Å²) in [7, 11) is 0. The molecule has 2 aliphatic heterocycles. The number of nitrogens with zero attached hydrogens (tertiary/aromatic N) is 1. The molecule has 0 aliphatic carbocycles. The molecule has 186 valence electrons. The third-order valence-corrected chi connectivity index (χ3v) is 5.78. The van der Waals surface area contributed by atoms with E-state index in [1.54, 1.807) is 36.1 Å². The molecule has 1 fully saturated rings. The second-order valence-electron chi connectivity index (χ2n) is 8.84. The monoisotopic (exact) mass is 474 g/mol. The fraction of sp³-hybridized carbons (Fsp3) is 0.583. The number of nitrogens with one attached hydrogen (secondary N) is 3. The Bertz CT molecular complexity index is 897. The van der Waals surface area contributed by atoms with Gasteiger partial charge in [0.25, 0.3) is 5.91 Å². The molecule has 4 amide bonds. The quantitative estimate of drug-likeness (QED) is 0.547. The van der Waals surface area contributed by atoms with E-state index in [1.165, 1.54) is 0 Å². The summed E-state index contributed by atoms with van der Waals surface area (Å²) in [6.45, 7) is 6.85. The Balaban J connectivity index is 1.83. The number of hydrogen-bond acceptors (Lipinski definition) is 6. The van der Waals surface area contributed by atoms with Gasteiger partial charge in [0, 0.05) is 26.1 Å². The van der Waals surface area contributed by atoms with Crippen LogP contribution in [-0.2, 0) is 19.1 Å². The minimum absolute atomic E-state index is 0.0259. The first-order valence-corrected chi connectivity index (χ1v) is 11.8. The number of ether oxygens (including phenoxy) is 2. The molecule has 0 bridgehead atoms. The Morgan fingerprint density at radius 3 is 2.47 bits per heavy atom. The van der Waals surface area contributed by atoms with E-state index in [1.807, 2.05) is 13.8 Å². The van der Waals surface area contributed by atoms with Crippen LogP contribution in [-0.4, -0.2) is 79.1 Å². The van der Waals surface area contributed by atoms with Crippen molar-refractivity contribution >= 4 is 23.6 Å². The zero-order chi connectivity index (χ0) is 24.7. The number of amides is 4. The van der Waals surface area contributed by atoms with Gasteiger partial charge in [-0.3, -0.25) is 19.2 Å². The van der Waals surface area contributed by atoms with Crippen molar-refractivity contribution in [3.8, 4) is 5.75 Å². The molecule has 2 heterocycles. The van der Waals surface area contributed by atoms with Crippen molar-refractivity contribution < 1.29 is 28.7 Å². The molecule has 3 N–H and O–H groups in total. The third kappa shape index (κ3) is 6.93. The number of fused-ring (bicyclic) bond motifs is 1. The van der Waals surface area contributed by atoms with E-state index in [4.69, 9.17) is 9.47 Å². The number of benzene rings is 1. The first-order valence-electron chi connectivity index (χ1n) is 11.8. The first kappa shape index (κ1) is 25.5. The largest absolute Gasteiger partial charge is 0.493 e. The highest BCUT2D eigenvalue weighted by atomic mass is 16.5. The van der Waals surface area contributed by atoms with E-state index >= 15 is 0 Å². The Kier molecular flexibility index (Phi) is 8.86. The zero-order valence-electron chi connectivity index (χ0n) is 20.0. The molecule has 2 aliphatic rings. The highest BCUT2D eigenvalue weighted by molar-refractivity contribution is 5.99. The maximum absolute atomic E-state index is 13.4. The number of rotatable bonds is 1. The van der Waals surface area contributed by atoms with Crippen LogP contribution in [0.15, 0.2) is 24.3 Å². The van der Waals surface area contributed by atoms with Gasteiger partial charge in [0.2, 0.25) is 17.7 Å². The molecule has 10 nitrogen and oxygen atoms in total. The summed E-state index contributed by atoms with van der Waals surface area (Å²) in [4.78, 5) is 52.9. The predicted molar refractivity (Wildman–Crippen MR) is 124 cm³/mol. The number of carbonyl (C=O) groups is 4. The lowest BCUT2D eigenvalue weighted by molar-refractivity contribution is -0.145. The van der Waals surface area contributed by atoms with Gasteiger partial charge in [-0.15, -0.1) is 0 Å². The molecule has 1 unspecified atom stereocenters. The van der Waals surface area contributed by atoms with Crippen LogP contribution in [0.4, 0.5) is 0 Å². The molecule has 1 aromatic rings. The maximum atomic E-state index is 13.4. The first-order chi connectivity index (χ1) is 16.2. The lowest BCUT2D eigenvalue weighted by Crippen LogP contribution is -2.55. The molecule has 34 heavy (non-hydrogen) atoms. The van der Waals surface area contributed by atoms with Gasteiger partial charge in [0.05, 0.1) is 24.4 Å². The fourth-order valence-corrected chi connectivity index (χ4v) is 4.13. The Morgan fingerprint density at radius 1 is 1.03 bits per heavy atom. The SMILES string of the molecule is CC1NC(=O)CC[C@@H](C(=O)N2C[C@@H](C)O[C@@H](C)C2)NC(=O)c2ccccc2OCCCNC1=O. The van der Waals surface area contributed by atoms with Gasteiger partial charge in [-0.05, 0) is 45.7 Å². The van der Waals surface area contributed by atoms with E-state index in [0.29, 0.717) is 37.4 Å². The Hall–Kier alpha value is -3.14. The lowest BCUT2D eigenvalue weighted by atomic mass is 10.1. The van der Waals surface area contributed by atoms with Gasteiger partial charge >= 0.3 is 0 Å². The lowest BCUT2D eigenvalue weighted by Gasteiger charge is -2.37. The topological polar surface area (TPSA) is 126 Å². The van der Waals surface area contributed by atoms with Gasteiger partial charge in [0.15, 0.2) is 0 Å². The van der Waals surface area contributed by atoms with Crippen LogP contribution in [0.25, 0.3) is 0 Å². The summed E-state index contributed by atoms with van der Waals surface area (Å²) in [5.74, 6) is -0.984. The second-order valence-corrected chi connectivity index (χ2v) is 8.84. The third-order valence-electron chi connectivity index (χ3n) is 5.78. The summed E-state index contributed by atoms with van der Waals surface area (Å²) in [6.07, 6.45) is 0.324. The van der Waals surface area contributed by atoms with Crippen LogP contribution in [0.5, 0.6) is 5.75 Å². The Morgan fingerprint density at radius 2 is 1.74 bits per heavy atom. The van der Waals surface area contributed by atoms with E-state index in [2.05, 4.69) is 16.0 Å². The molecule has 1 aromatic carbocycles. The number of morpholine rings is 1. The summed E-state index contributed by atoms with van der Waals surface area (Å²) in [6, 6.07) is 5.17. The fourth-order valence-electron chi connectivity index (χ4n) is 4.13. The number of hydrogen-bond donors (Lipinski definition) is 3. The van der Waals surface area contributed by atoms with Crippen LogP contribution < -0.4 is 20.7 Å². The number of para-hydroxylation sites is 1. The average molecular weight is 475 g/mol. The normalized spacial score (nSPS) is 27.5. The molecular weight excluding hydrogens is 440 g/mol. The van der Waals surface area contributed by atoms with Crippen molar-refractivity contribution in [2.24, 2.45) is 0 Å². The molecule has 0 spiro atoms. The van der Waals surface area contributed by atoms with Crippen molar-refractivity contribution in [3.05, 3.63) is 29.8 Å². The summed E-state index contributed by atoms with van der Waals surface area (Å²) >= 11 is 0. The summed E-state index contributed by atoms with van der Waals surface area (Å²) in [5.41, 5.74) is 0.304. The van der Waals surface area contributed by atoms with E-state index in [0.717, 1.165) is 0 Å². The van der Waals surface area contributed by atoms with Gasteiger partial charge in [-0.1, -0.05) is 12.1 Å². The van der Waals surface area contributed by atoms with Crippen molar-refractivity contribution in [1.82, 2.24) is 20.9 Å². The average Bonchev–Trinajstić information content (AvgIpc) is 2.79. The molecule has 10 heteroatoms. The van der Waals surface area contributed by atoms with Crippen molar-refractivity contribution in [2.45, 2.75) is 64.3 Å². The van der Waals surface area contributed by atoms with Crippen molar-refractivity contribution in [2.75, 3.05) is 26.2 Å². The molecule has 1 saturated heterocycles. The van der Waals surface area contributed by atoms with Gasteiger partial charge < -0.3 is 30.3 Å². The van der Waals surface area contributed by atoms with E-state index in [-0.39, 0.29) is 49.4 Å². The van der Waals surface area contributed by atoms with Gasteiger partial charge in [-0.2, -0.15) is 0 Å². The van der Waals surface area contributed by atoms with Crippen LogP contribution in [0.1, 0.15) is 50.4 Å². The molecular formula is C24H34N4O6. The molecule has 0 radical (unpaired) electrons. The van der Waals surface area contributed by atoms with Gasteiger partial charge in [-0.25, -0.2) is 0 Å². The van der Waals surface area contributed by atoms with Crippen molar-refractivity contribution in [3.63, 3.8) is 0 Å². The minimum atomic E-state index is -0.916. The van der Waals surface area contributed by atoms with Gasteiger partial charge in [0.1, 0.15) is 17.8 Å². The zero-order valence-corrected chi connectivity index (χ0v) is 20.0.